The molecule has 1 atom stereocenters. The maximum atomic E-state index is 5.57. The van der Waals surface area contributed by atoms with Crippen molar-refractivity contribution in [1.29, 1.82) is 0 Å². The Kier molecular flexibility index (Phi) is 2.41. The number of hydrogen-bond acceptors (Lipinski definition) is 3. The van der Waals surface area contributed by atoms with Crippen LogP contribution in [0.2, 0.25) is 0 Å². The summed E-state index contributed by atoms with van der Waals surface area (Å²) in [4.78, 5) is 1.37. The Labute approximate surface area is 82.9 Å². The lowest BCUT2D eigenvalue weighted by Crippen LogP contribution is -2.51. The van der Waals surface area contributed by atoms with Crippen LogP contribution in [0.1, 0.15) is 24.8 Å². The molecule has 0 amide bonds. The van der Waals surface area contributed by atoms with Crippen LogP contribution in [0, 0.1) is 0 Å². The van der Waals surface area contributed by atoms with E-state index in [1.807, 2.05) is 0 Å². The van der Waals surface area contributed by atoms with E-state index in [4.69, 9.17) is 4.74 Å². The molecule has 0 saturated carbocycles. The van der Waals surface area contributed by atoms with E-state index in [-0.39, 0.29) is 5.54 Å². The molecular formula is C10H15NOS. The fourth-order valence-electron chi connectivity index (χ4n) is 1.63. The number of hydrogen-bond donors (Lipinski definition) is 1. The molecule has 1 aliphatic heterocycles. The van der Waals surface area contributed by atoms with Gasteiger partial charge in [-0.2, -0.15) is 0 Å². The van der Waals surface area contributed by atoms with Crippen molar-refractivity contribution in [2.24, 2.45) is 0 Å². The quantitative estimate of drug-likeness (QED) is 0.745. The highest BCUT2D eigenvalue weighted by molar-refractivity contribution is 7.10. The molecule has 1 fully saturated rings. The Hall–Kier alpha value is -0.380. The van der Waals surface area contributed by atoms with E-state index >= 15 is 0 Å². The van der Waals surface area contributed by atoms with Gasteiger partial charge in [-0.05, 0) is 25.3 Å². The second kappa shape index (κ2) is 3.40. The average Bonchev–Trinajstić information content (AvgIpc) is 2.53. The first-order valence-electron chi connectivity index (χ1n) is 4.56. The zero-order valence-electron chi connectivity index (χ0n) is 8.04. The van der Waals surface area contributed by atoms with Gasteiger partial charge in [0.05, 0.1) is 19.3 Å². The Morgan fingerprint density at radius 1 is 1.62 bits per heavy atom. The molecule has 72 valence electrons. The highest BCUT2D eigenvalue weighted by Crippen LogP contribution is 2.25. The molecule has 0 bridgehead atoms. The second-order valence-corrected chi connectivity index (χ2v) is 5.09. The minimum absolute atomic E-state index is 0.104. The molecule has 1 aromatic rings. The molecule has 13 heavy (non-hydrogen) atoms. The first-order valence-corrected chi connectivity index (χ1v) is 5.44. The van der Waals surface area contributed by atoms with Gasteiger partial charge in [-0.3, -0.25) is 0 Å². The number of ether oxygens (including phenoxy) is 1. The van der Waals surface area contributed by atoms with Crippen molar-refractivity contribution in [3.8, 4) is 0 Å². The third-order valence-corrected chi connectivity index (χ3v) is 3.19. The van der Waals surface area contributed by atoms with Crippen molar-refractivity contribution in [3.63, 3.8) is 0 Å². The summed E-state index contributed by atoms with van der Waals surface area (Å²) in [5.41, 5.74) is 0.104. The first-order chi connectivity index (χ1) is 6.17. The van der Waals surface area contributed by atoms with Crippen LogP contribution in [0.25, 0.3) is 0 Å². The molecule has 2 rings (SSSR count). The normalized spacial score (nSPS) is 27.4. The molecule has 1 aliphatic rings. The van der Waals surface area contributed by atoms with Crippen LogP contribution in [0.5, 0.6) is 0 Å². The number of morpholine rings is 1. The van der Waals surface area contributed by atoms with Crippen LogP contribution in [-0.2, 0) is 4.74 Å². The molecular weight excluding hydrogens is 182 g/mol. The van der Waals surface area contributed by atoms with Crippen LogP contribution < -0.4 is 5.32 Å². The third kappa shape index (κ3) is 2.10. The van der Waals surface area contributed by atoms with Gasteiger partial charge >= 0.3 is 0 Å². The minimum Gasteiger partial charge on any atom is -0.378 e. The molecule has 0 radical (unpaired) electrons. The molecule has 1 unspecified atom stereocenters. The maximum absolute atomic E-state index is 5.57. The molecule has 0 aromatic carbocycles. The largest absolute Gasteiger partial charge is 0.378 e. The van der Waals surface area contributed by atoms with E-state index in [0.717, 1.165) is 13.2 Å². The van der Waals surface area contributed by atoms with E-state index in [0.29, 0.717) is 6.04 Å². The highest BCUT2D eigenvalue weighted by Gasteiger charge is 2.28. The topological polar surface area (TPSA) is 21.3 Å². The van der Waals surface area contributed by atoms with Gasteiger partial charge in [0.1, 0.15) is 0 Å². The second-order valence-electron chi connectivity index (χ2n) is 4.11. The minimum atomic E-state index is 0.104. The predicted octanol–water partition coefficient (Wildman–Crippen LogP) is 2.19. The van der Waals surface area contributed by atoms with Crippen LogP contribution in [-0.4, -0.2) is 18.8 Å². The van der Waals surface area contributed by atoms with E-state index in [9.17, 15) is 0 Å². The Morgan fingerprint density at radius 3 is 3.08 bits per heavy atom. The molecule has 3 heteroatoms. The standard InChI is InChI=1S/C10H15NOS/c1-10(2)7-12-6-8(11-10)9-4-3-5-13-9/h3-5,8,11H,6-7H2,1-2H3. The molecule has 0 aliphatic carbocycles. The Morgan fingerprint density at radius 2 is 2.46 bits per heavy atom. The third-order valence-electron chi connectivity index (χ3n) is 2.20. The van der Waals surface area contributed by atoms with Crippen molar-refractivity contribution in [2.75, 3.05) is 13.2 Å². The fourth-order valence-corrected chi connectivity index (χ4v) is 2.39. The molecule has 2 nitrogen and oxygen atoms in total. The number of nitrogens with one attached hydrogen (secondary N) is 1. The maximum Gasteiger partial charge on any atom is 0.0670 e. The summed E-state index contributed by atoms with van der Waals surface area (Å²) in [6.45, 7) is 5.94. The summed E-state index contributed by atoms with van der Waals surface area (Å²) in [5, 5.41) is 5.69. The van der Waals surface area contributed by atoms with Gasteiger partial charge in [0.15, 0.2) is 0 Å². The van der Waals surface area contributed by atoms with E-state index in [1.165, 1.54) is 4.88 Å². The SMILES string of the molecule is CC1(C)COCC(c2cccs2)N1. The van der Waals surface area contributed by atoms with Crippen LogP contribution in [0.4, 0.5) is 0 Å². The lowest BCUT2D eigenvalue weighted by molar-refractivity contribution is 0.0136. The lowest BCUT2D eigenvalue weighted by atomic mass is 10.0. The van der Waals surface area contributed by atoms with Gasteiger partial charge in [-0.25, -0.2) is 0 Å². The molecule has 2 heterocycles. The summed E-state index contributed by atoms with van der Waals surface area (Å²) in [6, 6.07) is 4.62. The molecule has 1 aromatic heterocycles. The number of thiophene rings is 1. The first kappa shape index (κ1) is 9.19. The summed E-state index contributed by atoms with van der Waals surface area (Å²) < 4.78 is 5.57. The smallest absolute Gasteiger partial charge is 0.0670 e. The summed E-state index contributed by atoms with van der Waals surface area (Å²) in [6.07, 6.45) is 0. The highest BCUT2D eigenvalue weighted by atomic mass is 32.1. The predicted molar refractivity (Wildman–Crippen MR) is 55.1 cm³/mol. The number of rotatable bonds is 1. The molecule has 1 saturated heterocycles. The summed E-state index contributed by atoms with van der Waals surface area (Å²) in [7, 11) is 0. The molecule has 0 spiro atoms. The van der Waals surface area contributed by atoms with E-state index in [2.05, 4.69) is 36.7 Å². The van der Waals surface area contributed by atoms with Crippen molar-refractivity contribution in [2.45, 2.75) is 25.4 Å². The van der Waals surface area contributed by atoms with E-state index in [1.54, 1.807) is 11.3 Å². The summed E-state index contributed by atoms with van der Waals surface area (Å²) in [5.74, 6) is 0. The zero-order valence-corrected chi connectivity index (χ0v) is 8.86. The average molecular weight is 197 g/mol. The van der Waals surface area contributed by atoms with Gasteiger partial charge in [-0.15, -0.1) is 11.3 Å². The van der Waals surface area contributed by atoms with Gasteiger partial charge < -0.3 is 10.1 Å². The van der Waals surface area contributed by atoms with Crippen LogP contribution >= 0.6 is 11.3 Å². The van der Waals surface area contributed by atoms with Crippen molar-refractivity contribution >= 4 is 11.3 Å². The summed E-state index contributed by atoms with van der Waals surface area (Å²) >= 11 is 1.79. The van der Waals surface area contributed by atoms with Gasteiger partial charge in [0, 0.05) is 10.4 Å². The van der Waals surface area contributed by atoms with Crippen molar-refractivity contribution in [1.82, 2.24) is 5.32 Å². The van der Waals surface area contributed by atoms with Crippen LogP contribution in [0.3, 0.4) is 0 Å². The lowest BCUT2D eigenvalue weighted by Gasteiger charge is -2.36. The van der Waals surface area contributed by atoms with Crippen molar-refractivity contribution in [3.05, 3.63) is 22.4 Å². The van der Waals surface area contributed by atoms with Gasteiger partial charge in [0.2, 0.25) is 0 Å². The zero-order chi connectivity index (χ0) is 9.31. The van der Waals surface area contributed by atoms with Crippen molar-refractivity contribution < 1.29 is 4.74 Å². The molecule has 1 N–H and O–H groups in total. The van der Waals surface area contributed by atoms with E-state index < -0.39 is 0 Å². The monoisotopic (exact) mass is 197 g/mol. The Balaban J connectivity index is 2.09. The van der Waals surface area contributed by atoms with Crippen LogP contribution in [0.15, 0.2) is 17.5 Å². The van der Waals surface area contributed by atoms with Gasteiger partial charge in [-0.1, -0.05) is 6.07 Å². The Bertz CT molecular complexity index is 268. The fraction of sp³-hybridized carbons (Fsp3) is 0.600. The van der Waals surface area contributed by atoms with Gasteiger partial charge in [0.25, 0.3) is 0 Å².